The molecule has 0 aliphatic carbocycles. The molecule has 0 spiro atoms. The summed E-state index contributed by atoms with van der Waals surface area (Å²) in [5, 5.41) is 0. The van der Waals surface area contributed by atoms with Crippen molar-refractivity contribution < 1.29 is 4.74 Å². The average molecular weight is 222 g/mol. The number of hydrogen-bond acceptors (Lipinski definition) is 1. The summed E-state index contributed by atoms with van der Waals surface area (Å²) in [6.07, 6.45) is 5.29. The Balaban J connectivity index is 1.95. The molecule has 84 valence electrons. The Hall–Kier alpha value is -2.02. The molecule has 17 heavy (non-hydrogen) atoms. The van der Waals surface area contributed by atoms with Gasteiger partial charge in [-0.1, -0.05) is 54.6 Å². The van der Waals surface area contributed by atoms with Crippen LogP contribution in [0.25, 0.3) is 0 Å². The summed E-state index contributed by atoms with van der Waals surface area (Å²) in [5.41, 5.74) is 2.45. The van der Waals surface area contributed by atoms with Crippen LogP contribution in [0, 0.1) is 0 Å². The van der Waals surface area contributed by atoms with E-state index in [2.05, 4.69) is 36.4 Å². The lowest BCUT2D eigenvalue weighted by atomic mass is 10.1. The molecule has 1 heterocycles. The van der Waals surface area contributed by atoms with Gasteiger partial charge in [-0.2, -0.15) is 0 Å². The van der Waals surface area contributed by atoms with Crippen molar-refractivity contribution in [3.63, 3.8) is 0 Å². The summed E-state index contributed by atoms with van der Waals surface area (Å²) in [7, 11) is 0. The van der Waals surface area contributed by atoms with Crippen molar-refractivity contribution in [3.8, 4) is 5.75 Å². The molecule has 0 unspecified atom stereocenters. The van der Waals surface area contributed by atoms with Gasteiger partial charge in [0.25, 0.3) is 0 Å². The van der Waals surface area contributed by atoms with Gasteiger partial charge in [0.1, 0.15) is 11.9 Å². The second kappa shape index (κ2) is 4.46. The summed E-state index contributed by atoms with van der Waals surface area (Å²) < 4.78 is 6.06. The zero-order valence-corrected chi connectivity index (χ0v) is 9.54. The zero-order valence-electron chi connectivity index (χ0n) is 9.54. The Morgan fingerprint density at radius 3 is 2.53 bits per heavy atom. The van der Waals surface area contributed by atoms with Crippen LogP contribution in [0.1, 0.15) is 17.2 Å². The molecule has 1 heteroatoms. The van der Waals surface area contributed by atoms with Crippen LogP contribution in [0.4, 0.5) is 0 Å². The number of rotatable bonds is 1. The Bertz CT molecular complexity index is 528. The fourth-order valence-corrected chi connectivity index (χ4v) is 2.10. The molecular weight excluding hydrogens is 208 g/mol. The second-order valence-electron chi connectivity index (χ2n) is 4.19. The molecule has 3 rings (SSSR count). The molecular formula is C16H14O. The molecule has 1 aliphatic heterocycles. The fraction of sp³-hybridized carbons (Fsp3) is 0.125. The SMILES string of the molecule is C1=C[C@@H](c2ccccc2)Oc2ccccc2C1. The quantitative estimate of drug-likeness (QED) is 0.664. The maximum atomic E-state index is 6.06. The van der Waals surface area contributed by atoms with Gasteiger partial charge >= 0.3 is 0 Å². The van der Waals surface area contributed by atoms with Gasteiger partial charge in [0, 0.05) is 0 Å². The Morgan fingerprint density at radius 1 is 0.882 bits per heavy atom. The predicted octanol–water partition coefficient (Wildman–Crippen LogP) is 3.92. The van der Waals surface area contributed by atoms with E-state index in [4.69, 9.17) is 4.74 Å². The van der Waals surface area contributed by atoms with E-state index in [-0.39, 0.29) is 6.10 Å². The standard InChI is InChI=1S/C16H14O/c1-2-7-13(8-3-1)16-12-6-10-14-9-4-5-11-15(14)17-16/h1-9,11-12,16H,10H2/t16-/m0/s1. The van der Waals surface area contributed by atoms with E-state index in [1.807, 2.05) is 30.3 Å². The first kappa shape index (κ1) is 10.2. The van der Waals surface area contributed by atoms with Crippen molar-refractivity contribution in [1.29, 1.82) is 0 Å². The topological polar surface area (TPSA) is 9.23 Å². The first-order valence-electron chi connectivity index (χ1n) is 5.90. The first-order chi connectivity index (χ1) is 8.43. The molecule has 0 fully saturated rings. The Morgan fingerprint density at radius 2 is 1.65 bits per heavy atom. The van der Waals surface area contributed by atoms with Crippen LogP contribution in [-0.4, -0.2) is 0 Å². The molecule has 0 bridgehead atoms. The summed E-state index contributed by atoms with van der Waals surface area (Å²) in [6, 6.07) is 18.5. The number of allylic oxidation sites excluding steroid dienone is 1. The monoisotopic (exact) mass is 222 g/mol. The maximum absolute atomic E-state index is 6.06. The number of benzene rings is 2. The third-order valence-electron chi connectivity index (χ3n) is 3.00. The van der Waals surface area contributed by atoms with Crippen molar-refractivity contribution >= 4 is 0 Å². The van der Waals surface area contributed by atoms with E-state index in [0.717, 1.165) is 12.2 Å². The summed E-state index contributed by atoms with van der Waals surface area (Å²) in [4.78, 5) is 0. The van der Waals surface area contributed by atoms with Crippen molar-refractivity contribution in [2.24, 2.45) is 0 Å². The van der Waals surface area contributed by atoms with E-state index in [1.165, 1.54) is 11.1 Å². The second-order valence-corrected chi connectivity index (χ2v) is 4.19. The van der Waals surface area contributed by atoms with Crippen molar-refractivity contribution in [2.75, 3.05) is 0 Å². The Labute approximate surface area is 101 Å². The van der Waals surface area contributed by atoms with Crippen LogP contribution in [0.15, 0.2) is 66.7 Å². The number of para-hydroxylation sites is 1. The molecule has 0 radical (unpaired) electrons. The highest BCUT2D eigenvalue weighted by atomic mass is 16.5. The van der Waals surface area contributed by atoms with Crippen LogP contribution in [0.5, 0.6) is 5.75 Å². The molecule has 1 atom stereocenters. The van der Waals surface area contributed by atoms with Crippen molar-refractivity contribution in [1.82, 2.24) is 0 Å². The van der Waals surface area contributed by atoms with Gasteiger partial charge in [0.05, 0.1) is 0 Å². The molecule has 0 amide bonds. The number of fused-ring (bicyclic) bond motifs is 1. The van der Waals surface area contributed by atoms with Crippen LogP contribution < -0.4 is 4.74 Å². The third-order valence-corrected chi connectivity index (χ3v) is 3.00. The molecule has 0 saturated heterocycles. The summed E-state index contributed by atoms with van der Waals surface area (Å²) in [5.74, 6) is 0.992. The van der Waals surface area contributed by atoms with E-state index >= 15 is 0 Å². The van der Waals surface area contributed by atoms with Crippen LogP contribution in [-0.2, 0) is 6.42 Å². The lowest BCUT2D eigenvalue weighted by Crippen LogP contribution is -2.04. The van der Waals surface area contributed by atoms with E-state index in [9.17, 15) is 0 Å². The van der Waals surface area contributed by atoms with Gasteiger partial charge in [0.2, 0.25) is 0 Å². The largest absolute Gasteiger partial charge is 0.481 e. The number of ether oxygens (including phenoxy) is 1. The van der Waals surface area contributed by atoms with E-state index in [1.54, 1.807) is 0 Å². The van der Waals surface area contributed by atoms with Gasteiger partial charge < -0.3 is 4.74 Å². The smallest absolute Gasteiger partial charge is 0.142 e. The zero-order chi connectivity index (χ0) is 11.5. The molecule has 0 aromatic heterocycles. The predicted molar refractivity (Wildman–Crippen MR) is 69.1 cm³/mol. The Kier molecular flexibility index (Phi) is 2.66. The minimum Gasteiger partial charge on any atom is -0.481 e. The lowest BCUT2D eigenvalue weighted by Gasteiger charge is -2.16. The van der Waals surface area contributed by atoms with Gasteiger partial charge in [-0.15, -0.1) is 0 Å². The van der Waals surface area contributed by atoms with Crippen molar-refractivity contribution in [2.45, 2.75) is 12.5 Å². The van der Waals surface area contributed by atoms with Gasteiger partial charge in [-0.05, 0) is 29.7 Å². The van der Waals surface area contributed by atoms with Gasteiger partial charge in [0.15, 0.2) is 0 Å². The van der Waals surface area contributed by atoms with Crippen LogP contribution in [0.3, 0.4) is 0 Å². The molecule has 2 aromatic rings. The van der Waals surface area contributed by atoms with E-state index < -0.39 is 0 Å². The maximum Gasteiger partial charge on any atom is 0.142 e. The molecule has 0 N–H and O–H groups in total. The van der Waals surface area contributed by atoms with Gasteiger partial charge in [-0.25, -0.2) is 0 Å². The van der Waals surface area contributed by atoms with Crippen LogP contribution in [0.2, 0.25) is 0 Å². The summed E-state index contributed by atoms with van der Waals surface area (Å²) in [6.45, 7) is 0. The third kappa shape index (κ3) is 2.09. The highest BCUT2D eigenvalue weighted by molar-refractivity contribution is 5.38. The first-order valence-corrected chi connectivity index (χ1v) is 5.90. The number of hydrogen-bond donors (Lipinski definition) is 0. The molecule has 2 aromatic carbocycles. The van der Waals surface area contributed by atoms with Crippen LogP contribution >= 0.6 is 0 Å². The minimum atomic E-state index is 0.0276. The lowest BCUT2D eigenvalue weighted by molar-refractivity contribution is 0.256. The molecule has 1 nitrogen and oxygen atoms in total. The normalized spacial score (nSPS) is 18.0. The fourth-order valence-electron chi connectivity index (χ4n) is 2.10. The highest BCUT2D eigenvalue weighted by Gasteiger charge is 2.14. The minimum absolute atomic E-state index is 0.0276. The highest BCUT2D eigenvalue weighted by Crippen LogP contribution is 2.29. The van der Waals surface area contributed by atoms with Gasteiger partial charge in [-0.3, -0.25) is 0 Å². The average Bonchev–Trinajstić information content (AvgIpc) is 2.62. The summed E-state index contributed by atoms with van der Waals surface area (Å²) >= 11 is 0. The van der Waals surface area contributed by atoms with E-state index in [0.29, 0.717) is 0 Å². The molecule has 0 saturated carbocycles. The molecule has 1 aliphatic rings. The van der Waals surface area contributed by atoms with Crippen molar-refractivity contribution in [3.05, 3.63) is 77.9 Å².